The predicted molar refractivity (Wildman–Crippen MR) is 76.8 cm³/mol. The topological polar surface area (TPSA) is 110 Å². The molecule has 0 aliphatic rings. The fraction of sp³-hybridized carbons (Fsp3) is 0.692. The largest absolute Gasteiger partial charge is 0.396 e. The molecule has 0 bridgehead atoms. The Morgan fingerprint density at radius 3 is 2.52 bits per heavy atom. The second kappa shape index (κ2) is 7.16. The number of amides is 1. The lowest BCUT2D eigenvalue weighted by molar-refractivity contribution is -0.386. The van der Waals surface area contributed by atoms with Gasteiger partial charge in [0.25, 0.3) is 0 Å². The molecule has 1 aromatic rings. The van der Waals surface area contributed by atoms with E-state index >= 15 is 0 Å². The first kappa shape index (κ1) is 17.1. The van der Waals surface area contributed by atoms with Crippen LogP contribution in [0.1, 0.15) is 31.7 Å². The lowest BCUT2D eigenvalue weighted by Gasteiger charge is -2.21. The molecule has 0 fully saturated rings. The van der Waals surface area contributed by atoms with Gasteiger partial charge in [0.2, 0.25) is 5.91 Å². The fourth-order valence-electron chi connectivity index (χ4n) is 2.21. The van der Waals surface area contributed by atoms with Gasteiger partial charge in [-0.25, -0.2) is 0 Å². The van der Waals surface area contributed by atoms with Crippen LogP contribution < -0.4 is 5.32 Å². The van der Waals surface area contributed by atoms with Crippen molar-refractivity contribution < 1.29 is 14.8 Å². The Morgan fingerprint density at radius 2 is 2.10 bits per heavy atom. The van der Waals surface area contributed by atoms with E-state index in [9.17, 15) is 14.9 Å². The van der Waals surface area contributed by atoms with Gasteiger partial charge in [-0.3, -0.25) is 19.6 Å². The minimum absolute atomic E-state index is 0.00545. The number of rotatable bonds is 7. The van der Waals surface area contributed by atoms with E-state index in [0.29, 0.717) is 17.8 Å². The van der Waals surface area contributed by atoms with E-state index in [1.54, 1.807) is 13.8 Å². The van der Waals surface area contributed by atoms with Gasteiger partial charge in [-0.05, 0) is 26.2 Å². The second-order valence-electron chi connectivity index (χ2n) is 5.36. The molecule has 1 aromatic heterocycles. The van der Waals surface area contributed by atoms with Crippen LogP contribution in [0, 0.1) is 29.9 Å². The molecule has 1 atom stereocenters. The van der Waals surface area contributed by atoms with Crippen molar-refractivity contribution in [3.63, 3.8) is 0 Å². The Hall–Kier alpha value is -1.96. The molecule has 8 nitrogen and oxygen atoms in total. The van der Waals surface area contributed by atoms with Crippen molar-refractivity contribution >= 4 is 11.6 Å². The third-order valence-corrected chi connectivity index (χ3v) is 3.41. The molecule has 1 amide bonds. The number of nitrogens with zero attached hydrogens (tertiary/aromatic N) is 3. The molecule has 1 heterocycles. The summed E-state index contributed by atoms with van der Waals surface area (Å²) in [7, 11) is 0. The molecular weight excluding hydrogens is 276 g/mol. The average Bonchev–Trinajstić information content (AvgIpc) is 2.63. The van der Waals surface area contributed by atoms with Crippen LogP contribution in [0.4, 0.5) is 5.69 Å². The first-order valence-corrected chi connectivity index (χ1v) is 6.86. The zero-order valence-corrected chi connectivity index (χ0v) is 12.8. The zero-order chi connectivity index (χ0) is 16.2. The number of carbonyl (C=O) groups is 1. The molecule has 118 valence electrons. The van der Waals surface area contributed by atoms with Gasteiger partial charge >= 0.3 is 5.69 Å². The molecular formula is C13H22N4O4. The van der Waals surface area contributed by atoms with Crippen LogP contribution in [0.15, 0.2) is 0 Å². The third-order valence-electron chi connectivity index (χ3n) is 3.41. The highest BCUT2D eigenvalue weighted by Crippen LogP contribution is 2.21. The highest BCUT2D eigenvalue weighted by Gasteiger charge is 2.23. The normalized spacial score (nSPS) is 12.5. The van der Waals surface area contributed by atoms with Crippen LogP contribution in [0.2, 0.25) is 0 Å². The number of aryl methyl sites for hydroxylation is 1. The molecule has 0 saturated carbocycles. The molecule has 0 spiro atoms. The van der Waals surface area contributed by atoms with Crippen LogP contribution >= 0.6 is 0 Å². The number of aromatic nitrogens is 2. The van der Waals surface area contributed by atoms with E-state index in [1.165, 1.54) is 4.68 Å². The second-order valence-corrected chi connectivity index (χ2v) is 5.36. The number of carbonyl (C=O) groups excluding carboxylic acids is 1. The van der Waals surface area contributed by atoms with Gasteiger partial charge in [0.1, 0.15) is 17.9 Å². The van der Waals surface area contributed by atoms with Crippen LogP contribution in [0.3, 0.4) is 0 Å². The summed E-state index contributed by atoms with van der Waals surface area (Å²) >= 11 is 0. The van der Waals surface area contributed by atoms with Gasteiger partial charge in [-0.2, -0.15) is 5.10 Å². The van der Waals surface area contributed by atoms with Gasteiger partial charge in [0.05, 0.1) is 4.92 Å². The number of aliphatic hydroxyl groups excluding tert-OH is 1. The summed E-state index contributed by atoms with van der Waals surface area (Å²) < 4.78 is 1.33. The Morgan fingerprint density at radius 1 is 1.48 bits per heavy atom. The van der Waals surface area contributed by atoms with Crippen molar-refractivity contribution in [2.45, 2.75) is 46.7 Å². The van der Waals surface area contributed by atoms with Crippen molar-refractivity contribution in [3.8, 4) is 0 Å². The molecule has 0 aliphatic carbocycles. The van der Waals surface area contributed by atoms with E-state index in [2.05, 4.69) is 10.4 Å². The van der Waals surface area contributed by atoms with Crippen LogP contribution in [0.5, 0.6) is 0 Å². The van der Waals surface area contributed by atoms with Crippen molar-refractivity contribution in [2.24, 2.45) is 5.92 Å². The van der Waals surface area contributed by atoms with Crippen LogP contribution in [0.25, 0.3) is 0 Å². The summed E-state index contributed by atoms with van der Waals surface area (Å²) in [6, 6.07) is -0.130. The molecule has 21 heavy (non-hydrogen) atoms. The molecule has 1 unspecified atom stereocenters. The van der Waals surface area contributed by atoms with Crippen LogP contribution in [-0.4, -0.2) is 38.4 Å². The smallest absolute Gasteiger partial charge is 0.312 e. The van der Waals surface area contributed by atoms with Crippen molar-refractivity contribution in [3.05, 3.63) is 21.5 Å². The molecule has 0 radical (unpaired) electrons. The molecule has 0 aliphatic heterocycles. The number of hydrogen-bond donors (Lipinski definition) is 2. The van der Waals surface area contributed by atoms with E-state index in [-0.39, 0.29) is 36.7 Å². The number of aliphatic hydroxyl groups is 1. The monoisotopic (exact) mass is 298 g/mol. The van der Waals surface area contributed by atoms with E-state index in [4.69, 9.17) is 5.11 Å². The van der Waals surface area contributed by atoms with Gasteiger partial charge in [-0.1, -0.05) is 13.8 Å². The zero-order valence-electron chi connectivity index (χ0n) is 12.8. The summed E-state index contributed by atoms with van der Waals surface area (Å²) in [4.78, 5) is 22.4. The molecule has 0 aromatic carbocycles. The number of nitro groups is 1. The highest BCUT2D eigenvalue weighted by molar-refractivity contribution is 5.76. The first-order valence-electron chi connectivity index (χ1n) is 6.86. The van der Waals surface area contributed by atoms with Gasteiger partial charge in [0.15, 0.2) is 0 Å². The maximum Gasteiger partial charge on any atom is 0.312 e. The molecule has 1 rings (SSSR count). The third kappa shape index (κ3) is 4.25. The first-order chi connectivity index (χ1) is 9.77. The molecule has 8 heteroatoms. The maximum absolute atomic E-state index is 12.0. The Bertz CT molecular complexity index is 524. The van der Waals surface area contributed by atoms with Gasteiger partial charge < -0.3 is 10.4 Å². The SMILES string of the molecule is Cc1nn(CC(=O)NC(CCO)C(C)C)c(C)c1[N+](=O)[O-]. The lowest BCUT2D eigenvalue weighted by atomic mass is 10.0. The van der Waals surface area contributed by atoms with Gasteiger partial charge in [-0.15, -0.1) is 0 Å². The summed E-state index contributed by atoms with van der Waals surface area (Å²) in [6.45, 7) is 6.94. The van der Waals surface area contributed by atoms with Crippen molar-refractivity contribution in [2.75, 3.05) is 6.61 Å². The minimum atomic E-state index is -0.491. The molecule has 0 saturated heterocycles. The van der Waals surface area contributed by atoms with E-state index in [0.717, 1.165) is 0 Å². The predicted octanol–water partition coefficient (Wildman–Crippen LogP) is 0.931. The summed E-state index contributed by atoms with van der Waals surface area (Å²) in [5.74, 6) is -0.0847. The van der Waals surface area contributed by atoms with Crippen molar-refractivity contribution in [1.82, 2.24) is 15.1 Å². The fourth-order valence-corrected chi connectivity index (χ4v) is 2.21. The maximum atomic E-state index is 12.0. The highest BCUT2D eigenvalue weighted by atomic mass is 16.6. The summed E-state index contributed by atoms with van der Waals surface area (Å²) in [6.07, 6.45) is 0.473. The lowest BCUT2D eigenvalue weighted by Crippen LogP contribution is -2.41. The standard InChI is InChI=1S/C13H22N4O4/c1-8(2)11(5-6-18)14-12(19)7-16-10(4)13(17(20)21)9(3)15-16/h8,11,18H,5-7H2,1-4H3,(H,14,19). The van der Waals surface area contributed by atoms with E-state index < -0.39 is 4.92 Å². The van der Waals surface area contributed by atoms with Gasteiger partial charge in [0, 0.05) is 12.6 Å². The Labute approximate surface area is 123 Å². The summed E-state index contributed by atoms with van der Waals surface area (Å²) in [5, 5.41) is 26.8. The van der Waals surface area contributed by atoms with Crippen LogP contribution in [-0.2, 0) is 11.3 Å². The molecule has 2 N–H and O–H groups in total. The number of hydrogen-bond acceptors (Lipinski definition) is 5. The summed E-state index contributed by atoms with van der Waals surface area (Å²) in [5.41, 5.74) is 0.593. The van der Waals surface area contributed by atoms with E-state index in [1.807, 2.05) is 13.8 Å². The Kier molecular flexibility index (Phi) is 5.83. The minimum Gasteiger partial charge on any atom is -0.396 e. The van der Waals surface area contributed by atoms with Crippen molar-refractivity contribution in [1.29, 1.82) is 0 Å². The Balaban J connectivity index is 2.80. The number of nitrogens with one attached hydrogen (secondary N) is 1. The average molecular weight is 298 g/mol. The quantitative estimate of drug-likeness (QED) is 0.574.